The van der Waals surface area contributed by atoms with Gasteiger partial charge in [0, 0.05) is 24.6 Å². The summed E-state index contributed by atoms with van der Waals surface area (Å²) in [5.41, 5.74) is 4.42. The highest BCUT2D eigenvalue weighted by atomic mass is 32.2. The molecule has 2 aromatic carbocycles. The summed E-state index contributed by atoms with van der Waals surface area (Å²) >= 11 is 2.92. The van der Waals surface area contributed by atoms with Crippen LogP contribution in [0.3, 0.4) is 0 Å². The highest BCUT2D eigenvalue weighted by Crippen LogP contribution is 2.28. The van der Waals surface area contributed by atoms with Crippen molar-refractivity contribution < 1.29 is 4.79 Å². The minimum atomic E-state index is -0.0872. The third-order valence-corrected chi connectivity index (χ3v) is 6.91. The van der Waals surface area contributed by atoms with Gasteiger partial charge in [-0.3, -0.25) is 19.1 Å². The van der Waals surface area contributed by atoms with Crippen LogP contribution in [0.25, 0.3) is 16.6 Å². The number of anilines is 1. The van der Waals surface area contributed by atoms with Crippen LogP contribution in [0.1, 0.15) is 30.7 Å². The van der Waals surface area contributed by atoms with E-state index in [-0.39, 0.29) is 11.5 Å². The number of rotatable bonds is 6. The van der Waals surface area contributed by atoms with Crippen LogP contribution < -0.4 is 10.5 Å². The Labute approximate surface area is 194 Å². The van der Waals surface area contributed by atoms with Gasteiger partial charge in [-0.05, 0) is 56.2 Å². The number of aryl methyl sites for hydroxylation is 2. The lowest BCUT2D eigenvalue weighted by molar-refractivity contribution is -0.116. The van der Waals surface area contributed by atoms with E-state index in [1.165, 1.54) is 23.1 Å². The van der Waals surface area contributed by atoms with E-state index in [0.29, 0.717) is 33.5 Å². The summed E-state index contributed by atoms with van der Waals surface area (Å²) in [6.07, 6.45) is 0. The molecule has 32 heavy (non-hydrogen) atoms. The molecular weight excluding hydrogens is 440 g/mol. The molecule has 6 nitrogen and oxygen atoms in total. The Bertz CT molecular complexity index is 1340. The number of thioether (sulfide) groups is 1. The van der Waals surface area contributed by atoms with Crippen LogP contribution in [0.5, 0.6) is 0 Å². The molecule has 2 aromatic heterocycles. The van der Waals surface area contributed by atoms with E-state index < -0.39 is 0 Å². The van der Waals surface area contributed by atoms with E-state index in [0.717, 1.165) is 22.5 Å². The number of thiazole rings is 1. The zero-order chi connectivity index (χ0) is 22.8. The first kappa shape index (κ1) is 22.2. The smallest absolute Gasteiger partial charge is 0.266 e. The molecule has 4 rings (SSSR count). The molecule has 0 aliphatic carbocycles. The fourth-order valence-corrected chi connectivity index (χ4v) is 5.58. The second kappa shape index (κ2) is 9.26. The molecule has 0 unspecified atom stereocenters. The van der Waals surface area contributed by atoms with Crippen molar-refractivity contribution in [1.29, 1.82) is 0 Å². The van der Waals surface area contributed by atoms with E-state index in [4.69, 9.17) is 4.98 Å². The molecule has 0 aliphatic rings. The molecule has 0 spiro atoms. The Hall–Kier alpha value is -2.97. The van der Waals surface area contributed by atoms with Crippen molar-refractivity contribution in [3.05, 3.63) is 75.0 Å². The fourth-order valence-electron chi connectivity index (χ4n) is 3.63. The SMILES string of the molecule is CCN(C(C)=O)c1nc(CSc2nc3ccccc3c(=O)n2-c2cc(C)cc(C)c2)cs1. The second-order valence-electron chi connectivity index (χ2n) is 7.57. The molecule has 0 saturated heterocycles. The number of carbonyl (C=O) groups is 1. The monoisotopic (exact) mass is 464 g/mol. The van der Waals surface area contributed by atoms with Gasteiger partial charge in [0.05, 0.1) is 22.3 Å². The van der Waals surface area contributed by atoms with Gasteiger partial charge in [0.2, 0.25) is 5.91 Å². The molecule has 0 atom stereocenters. The number of carbonyl (C=O) groups excluding carboxylic acids is 1. The number of hydrogen-bond donors (Lipinski definition) is 0. The fraction of sp³-hybridized carbons (Fsp3) is 0.250. The number of benzene rings is 2. The zero-order valence-corrected chi connectivity index (χ0v) is 20.1. The Morgan fingerprint density at radius 3 is 2.53 bits per heavy atom. The summed E-state index contributed by atoms with van der Waals surface area (Å²) < 4.78 is 1.69. The number of nitrogens with zero attached hydrogens (tertiary/aromatic N) is 4. The maximum Gasteiger partial charge on any atom is 0.266 e. The minimum Gasteiger partial charge on any atom is -0.289 e. The van der Waals surface area contributed by atoms with Crippen LogP contribution in [0.2, 0.25) is 0 Å². The van der Waals surface area contributed by atoms with Gasteiger partial charge >= 0.3 is 0 Å². The zero-order valence-electron chi connectivity index (χ0n) is 18.5. The molecule has 0 fully saturated rings. The average molecular weight is 465 g/mol. The Balaban J connectivity index is 1.74. The predicted octanol–water partition coefficient (Wildman–Crippen LogP) is 5.12. The van der Waals surface area contributed by atoms with Crippen molar-refractivity contribution in [2.24, 2.45) is 0 Å². The van der Waals surface area contributed by atoms with Gasteiger partial charge in [0.25, 0.3) is 5.56 Å². The van der Waals surface area contributed by atoms with E-state index in [1.54, 1.807) is 16.4 Å². The standard InChI is InChI=1S/C24H24N4O2S2/c1-5-27(17(4)29)23-25-18(13-31-23)14-32-24-26-21-9-7-6-8-20(21)22(30)28(24)19-11-15(2)10-16(3)12-19/h6-13H,5,14H2,1-4H3. The van der Waals surface area contributed by atoms with Crippen LogP contribution in [-0.4, -0.2) is 27.0 Å². The summed E-state index contributed by atoms with van der Waals surface area (Å²) in [6, 6.07) is 13.5. The Morgan fingerprint density at radius 2 is 1.84 bits per heavy atom. The molecule has 0 saturated carbocycles. The van der Waals surface area contributed by atoms with Crippen molar-refractivity contribution in [3.8, 4) is 5.69 Å². The summed E-state index contributed by atoms with van der Waals surface area (Å²) in [4.78, 5) is 36.3. The van der Waals surface area contributed by atoms with Crippen LogP contribution in [0, 0.1) is 13.8 Å². The van der Waals surface area contributed by atoms with Gasteiger partial charge in [-0.2, -0.15) is 0 Å². The third-order valence-electron chi connectivity index (χ3n) is 5.03. The number of fused-ring (bicyclic) bond motifs is 1. The lowest BCUT2D eigenvalue weighted by atomic mass is 10.1. The van der Waals surface area contributed by atoms with Gasteiger partial charge in [0.15, 0.2) is 10.3 Å². The normalized spacial score (nSPS) is 11.1. The molecule has 2 heterocycles. The van der Waals surface area contributed by atoms with Gasteiger partial charge in [-0.25, -0.2) is 9.97 Å². The third kappa shape index (κ3) is 4.47. The van der Waals surface area contributed by atoms with Crippen LogP contribution in [0.4, 0.5) is 5.13 Å². The summed E-state index contributed by atoms with van der Waals surface area (Å²) in [6.45, 7) is 8.09. The van der Waals surface area contributed by atoms with Crippen molar-refractivity contribution in [1.82, 2.24) is 14.5 Å². The predicted molar refractivity (Wildman–Crippen MR) is 132 cm³/mol. The molecule has 0 radical (unpaired) electrons. The van der Waals surface area contributed by atoms with Crippen LogP contribution in [0.15, 0.2) is 57.8 Å². The quantitative estimate of drug-likeness (QED) is 0.292. The molecule has 0 N–H and O–H groups in total. The first-order valence-corrected chi connectivity index (χ1v) is 12.2. The molecular formula is C24H24N4O2S2. The largest absolute Gasteiger partial charge is 0.289 e. The lowest BCUT2D eigenvalue weighted by Crippen LogP contribution is -2.27. The van der Waals surface area contributed by atoms with Gasteiger partial charge in [-0.15, -0.1) is 11.3 Å². The van der Waals surface area contributed by atoms with Crippen molar-refractivity contribution in [2.45, 2.75) is 38.6 Å². The first-order valence-electron chi connectivity index (χ1n) is 10.3. The number of amides is 1. The lowest BCUT2D eigenvalue weighted by Gasteiger charge is -2.15. The second-order valence-corrected chi connectivity index (χ2v) is 9.35. The highest BCUT2D eigenvalue weighted by Gasteiger charge is 2.17. The van der Waals surface area contributed by atoms with Gasteiger partial charge in [-0.1, -0.05) is 30.0 Å². The number of aromatic nitrogens is 3. The minimum absolute atomic E-state index is 0.0269. The van der Waals surface area contributed by atoms with E-state index >= 15 is 0 Å². The van der Waals surface area contributed by atoms with E-state index in [1.807, 2.05) is 62.5 Å². The van der Waals surface area contributed by atoms with Crippen LogP contribution in [-0.2, 0) is 10.5 Å². The highest BCUT2D eigenvalue weighted by molar-refractivity contribution is 7.98. The topological polar surface area (TPSA) is 68.1 Å². The van der Waals surface area contributed by atoms with Gasteiger partial charge in [0.1, 0.15) is 0 Å². The number of hydrogen-bond acceptors (Lipinski definition) is 6. The Kier molecular flexibility index (Phi) is 6.43. The summed E-state index contributed by atoms with van der Waals surface area (Å²) in [7, 11) is 0. The maximum absolute atomic E-state index is 13.4. The summed E-state index contributed by atoms with van der Waals surface area (Å²) in [5, 5.41) is 3.85. The number of para-hydroxylation sites is 1. The van der Waals surface area contributed by atoms with Crippen molar-refractivity contribution in [2.75, 3.05) is 11.4 Å². The molecule has 0 bridgehead atoms. The van der Waals surface area contributed by atoms with Crippen LogP contribution >= 0.6 is 23.1 Å². The van der Waals surface area contributed by atoms with Gasteiger partial charge < -0.3 is 0 Å². The maximum atomic E-state index is 13.4. The molecule has 0 aliphatic heterocycles. The average Bonchev–Trinajstić information content (AvgIpc) is 3.20. The van der Waals surface area contributed by atoms with Crippen molar-refractivity contribution in [3.63, 3.8) is 0 Å². The summed E-state index contributed by atoms with van der Waals surface area (Å²) in [5.74, 6) is 0.516. The molecule has 8 heteroatoms. The first-order chi connectivity index (χ1) is 15.4. The van der Waals surface area contributed by atoms with Crippen molar-refractivity contribution >= 4 is 45.0 Å². The molecule has 4 aromatic rings. The molecule has 1 amide bonds. The van der Waals surface area contributed by atoms with E-state index in [9.17, 15) is 9.59 Å². The molecule has 164 valence electrons. The van der Waals surface area contributed by atoms with E-state index in [2.05, 4.69) is 11.1 Å². The Morgan fingerprint density at radius 1 is 1.12 bits per heavy atom.